The van der Waals surface area contributed by atoms with Crippen molar-refractivity contribution >= 4 is 17.9 Å². The summed E-state index contributed by atoms with van der Waals surface area (Å²) in [5, 5.41) is 5.01. The van der Waals surface area contributed by atoms with Gasteiger partial charge < -0.3 is 14.5 Å². The highest BCUT2D eigenvalue weighted by molar-refractivity contribution is 5.99. The summed E-state index contributed by atoms with van der Waals surface area (Å²) in [6, 6.07) is -0.454. The van der Waals surface area contributed by atoms with Crippen molar-refractivity contribution in [3.8, 4) is 0 Å². The first-order chi connectivity index (χ1) is 11.8. The molecule has 0 unspecified atom stereocenters. The Morgan fingerprint density at radius 1 is 1.08 bits per heavy atom. The number of carbonyl (C=O) groups is 3. The Hall–Kier alpha value is -2.31. The molecule has 0 aromatic carbocycles. The van der Waals surface area contributed by atoms with Crippen LogP contribution < -0.4 is 10.6 Å². The molecule has 1 saturated carbocycles. The first-order valence-corrected chi connectivity index (χ1v) is 8.68. The van der Waals surface area contributed by atoms with E-state index in [0.29, 0.717) is 22.6 Å². The zero-order valence-electron chi connectivity index (χ0n) is 15.2. The van der Waals surface area contributed by atoms with E-state index < -0.39 is 24.0 Å². The molecule has 7 heteroatoms. The van der Waals surface area contributed by atoms with Crippen LogP contribution >= 0.6 is 0 Å². The Morgan fingerprint density at radius 2 is 1.72 bits per heavy atom. The van der Waals surface area contributed by atoms with E-state index in [4.69, 9.17) is 9.15 Å². The van der Waals surface area contributed by atoms with Gasteiger partial charge in [0.05, 0.1) is 0 Å². The predicted octanol–water partition coefficient (Wildman–Crippen LogP) is 2.91. The van der Waals surface area contributed by atoms with Crippen LogP contribution in [0.3, 0.4) is 0 Å². The van der Waals surface area contributed by atoms with Crippen LogP contribution in [0.25, 0.3) is 0 Å². The molecule has 0 spiro atoms. The molecule has 1 aliphatic rings. The molecule has 0 radical (unpaired) electrons. The quantitative estimate of drug-likeness (QED) is 0.814. The lowest BCUT2D eigenvalue weighted by molar-refractivity contribution is -0.127. The third-order valence-electron chi connectivity index (χ3n) is 4.60. The van der Waals surface area contributed by atoms with Crippen LogP contribution in [0.15, 0.2) is 4.42 Å². The number of imide groups is 1. The minimum absolute atomic E-state index is 0.0959. The van der Waals surface area contributed by atoms with E-state index >= 15 is 0 Å². The summed E-state index contributed by atoms with van der Waals surface area (Å²) in [6.45, 7) is 6.60. The van der Waals surface area contributed by atoms with E-state index in [2.05, 4.69) is 10.6 Å². The molecule has 1 fully saturated rings. The number of ether oxygens (including phenoxy) is 1. The van der Waals surface area contributed by atoms with Crippen LogP contribution in [0, 0.1) is 20.8 Å². The van der Waals surface area contributed by atoms with E-state index in [1.54, 1.807) is 20.8 Å². The second-order valence-electron chi connectivity index (χ2n) is 6.56. The maximum Gasteiger partial charge on any atom is 0.342 e. The van der Waals surface area contributed by atoms with Crippen LogP contribution in [-0.2, 0) is 9.53 Å². The molecule has 25 heavy (non-hydrogen) atoms. The Bertz CT molecular complexity index is 659. The first-order valence-electron chi connectivity index (χ1n) is 8.68. The summed E-state index contributed by atoms with van der Waals surface area (Å²) < 4.78 is 10.6. The Morgan fingerprint density at radius 3 is 2.28 bits per heavy atom. The molecular formula is C18H26N2O5. The van der Waals surface area contributed by atoms with Crippen molar-refractivity contribution in [2.75, 3.05) is 0 Å². The largest absolute Gasteiger partial charge is 0.465 e. The van der Waals surface area contributed by atoms with Gasteiger partial charge in [0.1, 0.15) is 17.1 Å². The van der Waals surface area contributed by atoms with E-state index in [0.717, 1.165) is 25.7 Å². The molecule has 7 nitrogen and oxygen atoms in total. The highest BCUT2D eigenvalue weighted by atomic mass is 16.5. The van der Waals surface area contributed by atoms with E-state index in [9.17, 15) is 14.4 Å². The SMILES string of the molecule is Cc1oc(C)c(C(=O)O[C@H](C)C(=O)NC(=O)NC2CCCCC2)c1C. The van der Waals surface area contributed by atoms with E-state index in [1.165, 1.54) is 13.3 Å². The number of hydrogen-bond acceptors (Lipinski definition) is 5. The number of amides is 3. The predicted molar refractivity (Wildman–Crippen MR) is 91.3 cm³/mol. The monoisotopic (exact) mass is 350 g/mol. The zero-order chi connectivity index (χ0) is 18.6. The molecule has 0 aliphatic heterocycles. The molecular weight excluding hydrogens is 324 g/mol. The van der Waals surface area contributed by atoms with Gasteiger partial charge in [-0.25, -0.2) is 9.59 Å². The van der Waals surface area contributed by atoms with Gasteiger partial charge in [-0.15, -0.1) is 0 Å². The van der Waals surface area contributed by atoms with E-state index in [1.807, 2.05) is 0 Å². The lowest BCUT2D eigenvalue weighted by Crippen LogP contribution is -2.48. The number of aryl methyl sites for hydroxylation is 2. The average Bonchev–Trinajstić information content (AvgIpc) is 2.80. The van der Waals surface area contributed by atoms with Gasteiger partial charge in [0.25, 0.3) is 5.91 Å². The number of nitrogens with one attached hydrogen (secondary N) is 2. The van der Waals surface area contributed by atoms with Crippen molar-refractivity contribution in [2.24, 2.45) is 0 Å². The number of carbonyl (C=O) groups excluding carboxylic acids is 3. The topological polar surface area (TPSA) is 97.6 Å². The first kappa shape index (κ1) is 19.0. The molecule has 2 rings (SSSR count). The van der Waals surface area contributed by atoms with Crippen molar-refractivity contribution in [1.82, 2.24) is 10.6 Å². The lowest BCUT2D eigenvalue weighted by Gasteiger charge is -2.23. The van der Waals surface area contributed by atoms with Crippen molar-refractivity contribution in [1.29, 1.82) is 0 Å². The van der Waals surface area contributed by atoms with Gasteiger partial charge in [-0.1, -0.05) is 19.3 Å². The van der Waals surface area contributed by atoms with Crippen LogP contribution in [0.4, 0.5) is 4.79 Å². The standard InChI is InChI=1S/C18H26N2O5/c1-10-11(2)24-12(3)15(10)17(22)25-13(4)16(21)20-18(23)19-14-8-6-5-7-9-14/h13-14H,5-9H2,1-4H3,(H2,19,20,21,23)/t13-/m1/s1. The van der Waals surface area contributed by atoms with E-state index in [-0.39, 0.29) is 6.04 Å². The highest BCUT2D eigenvalue weighted by Crippen LogP contribution is 2.22. The van der Waals surface area contributed by atoms with Gasteiger partial charge in [-0.3, -0.25) is 10.1 Å². The molecule has 2 N–H and O–H groups in total. The summed E-state index contributed by atoms with van der Waals surface area (Å²) in [6.07, 6.45) is 4.09. The molecule has 1 heterocycles. The third-order valence-corrected chi connectivity index (χ3v) is 4.60. The number of furan rings is 1. The van der Waals surface area contributed by atoms with Gasteiger partial charge in [0.2, 0.25) is 0 Å². The smallest absolute Gasteiger partial charge is 0.342 e. The summed E-state index contributed by atoms with van der Waals surface area (Å²) in [5.74, 6) is -0.213. The summed E-state index contributed by atoms with van der Waals surface area (Å²) >= 11 is 0. The second-order valence-corrected chi connectivity index (χ2v) is 6.56. The van der Waals surface area contributed by atoms with Gasteiger partial charge in [0.15, 0.2) is 6.10 Å². The number of hydrogen-bond donors (Lipinski definition) is 2. The fourth-order valence-electron chi connectivity index (χ4n) is 3.05. The van der Waals surface area contributed by atoms with Gasteiger partial charge in [-0.05, 0) is 40.5 Å². The molecule has 0 bridgehead atoms. The minimum Gasteiger partial charge on any atom is -0.465 e. The molecule has 1 aromatic rings. The van der Waals surface area contributed by atoms with Gasteiger partial charge in [-0.2, -0.15) is 0 Å². The summed E-state index contributed by atoms with van der Waals surface area (Å²) in [7, 11) is 0. The zero-order valence-corrected chi connectivity index (χ0v) is 15.2. The molecule has 0 saturated heterocycles. The minimum atomic E-state index is -1.08. The lowest BCUT2D eigenvalue weighted by atomic mass is 9.96. The fourth-order valence-corrected chi connectivity index (χ4v) is 3.05. The molecule has 1 atom stereocenters. The molecule has 1 aliphatic carbocycles. The van der Waals surface area contributed by atoms with Crippen molar-refractivity contribution in [2.45, 2.75) is 71.9 Å². The summed E-state index contributed by atoms with van der Waals surface area (Å²) in [5.41, 5.74) is 1.01. The maximum atomic E-state index is 12.3. The van der Waals surface area contributed by atoms with Gasteiger partial charge >= 0.3 is 12.0 Å². The van der Waals surface area contributed by atoms with Crippen LogP contribution in [0.5, 0.6) is 0 Å². The summed E-state index contributed by atoms with van der Waals surface area (Å²) in [4.78, 5) is 36.2. The van der Waals surface area contributed by atoms with Crippen LogP contribution in [0.2, 0.25) is 0 Å². The van der Waals surface area contributed by atoms with Crippen molar-refractivity contribution in [3.05, 3.63) is 22.6 Å². The average molecular weight is 350 g/mol. The molecule has 3 amide bonds. The fraction of sp³-hybridized carbons (Fsp3) is 0.611. The maximum absolute atomic E-state index is 12.3. The normalized spacial score (nSPS) is 16.2. The molecule has 1 aromatic heterocycles. The molecule has 138 valence electrons. The number of urea groups is 1. The van der Waals surface area contributed by atoms with Gasteiger partial charge in [0, 0.05) is 11.6 Å². The highest BCUT2D eigenvalue weighted by Gasteiger charge is 2.26. The Kier molecular flexibility index (Phi) is 6.22. The number of esters is 1. The third kappa shape index (κ3) is 4.84. The van der Waals surface area contributed by atoms with Crippen molar-refractivity contribution in [3.63, 3.8) is 0 Å². The second kappa shape index (κ2) is 8.18. The van der Waals surface area contributed by atoms with Crippen molar-refractivity contribution < 1.29 is 23.5 Å². The Labute approximate surface area is 147 Å². The van der Waals surface area contributed by atoms with Crippen LogP contribution in [-0.4, -0.2) is 30.1 Å². The Balaban J connectivity index is 1.86. The van der Waals surface area contributed by atoms with Crippen LogP contribution in [0.1, 0.15) is 66.5 Å². The number of rotatable bonds is 4.